The molecule has 1 heterocycles. The quantitative estimate of drug-likeness (QED) is 0.848. The molecule has 0 aliphatic heterocycles. The van der Waals surface area contributed by atoms with Crippen LogP contribution in [0.4, 0.5) is 0 Å². The minimum atomic E-state index is 0.476. The van der Waals surface area contributed by atoms with Gasteiger partial charge < -0.3 is 9.84 Å². The van der Waals surface area contributed by atoms with Crippen LogP contribution in [0, 0.1) is 6.92 Å². The highest BCUT2D eigenvalue weighted by atomic mass is 16.5. The van der Waals surface area contributed by atoms with Crippen molar-refractivity contribution in [1.82, 2.24) is 10.5 Å². The Morgan fingerprint density at radius 1 is 1.28 bits per heavy atom. The van der Waals surface area contributed by atoms with Crippen molar-refractivity contribution in [3.05, 3.63) is 53.4 Å². The molecule has 96 valence electrons. The summed E-state index contributed by atoms with van der Waals surface area (Å²) < 4.78 is 5.06. The van der Waals surface area contributed by atoms with Crippen molar-refractivity contribution in [3.63, 3.8) is 0 Å². The lowest BCUT2D eigenvalue weighted by atomic mass is 10.0. The second kappa shape index (κ2) is 6.36. The summed E-state index contributed by atoms with van der Waals surface area (Å²) in [4.78, 5) is 0. The Bertz CT molecular complexity index is 464. The summed E-state index contributed by atoms with van der Waals surface area (Å²) in [6, 6.07) is 13.0. The number of aryl methyl sites for hydroxylation is 1. The lowest BCUT2D eigenvalue weighted by Gasteiger charge is -2.16. The Morgan fingerprint density at radius 3 is 2.67 bits per heavy atom. The van der Waals surface area contributed by atoms with E-state index in [0.717, 1.165) is 30.8 Å². The summed E-state index contributed by atoms with van der Waals surface area (Å²) in [5.74, 6) is 0.864. The predicted octanol–water partition coefficient (Wildman–Crippen LogP) is 3.09. The highest BCUT2D eigenvalue weighted by molar-refractivity contribution is 5.16. The van der Waals surface area contributed by atoms with Gasteiger partial charge in [-0.3, -0.25) is 0 Å². The molecular formula is C15H20N2O. The molecule has 0 radical (unpaired) electrons. The van der Waals surface area contributed by atoms with Crippen molar-refractivity contribution in [2.75, 3.05) is 0 Å². The Balaban J connectivity index is 1.86. The largest absolute Gasteiger partial charge is 0.361 e. The third kappa shape index (κ3) is 3.70. The molecule has 0 aliphatic rings. The maximum absolute atomic E-state index is 5.06. The van der Waals surface area contributed by atoms with Crippen molar-refractivity contribution in [2.45, 2.75) is 39.3 Å². The van der Waals surface area contributed by atoms with E-state index in [1.807, 2.05) is 13.0 Å². The van der Waals surface area contributed by atoms with Gasteiger partial charge in [0.1, 0.15) is 5.76 Å². The molecule has 0 fully saturated rings. The predicted molar refractivity (Wildman–Crippen MR) is 72.3 cm³/mol. The van der Waals surface area contributed by atoms with Gasteiger partial charge in [-0.25, -0.2) is 0 Å². The lowest BCUT2D eigenvalue weighted by Crippen LogP contribution is -2.30. The second-order valence-corrected chi connectivity index (χ2v) is 4.60. The number of benzene rings is 1. The minimum absolute atomic E-state index is 0.476. The van der Waals surface area contributed by atoms with Gasteiger partial charge in [0.2, 0.25) is 0 Å². The normalized spacial score (nSPS) is 12.6. The Morgan fingerprint density at radius 2 is 2.06 bits per heavy atom. The summed E-state index contributed by atoms with van der Waals surface area (Å²) in [7, 11) is 0. The van der Waals surface area contributed by atoms with Gasteiger partial charge in [0.15, 0.2) is 0 Å². The first kappa shape index (κ1) is 12.8. The van der Waals surface area contributed by atoms with Gasteiger partial charge >= 0.3 is 0 Å². The maximum Gasteiger partial charge on any atom is 0.133 e. The molecule has 2 aromatic rings. The number of nitrogens with zero attached hydrogens (tertiary/aromatic N) is 1. The summed E-state index contributed by atoms with van der Waals surface area (Å²) in [5, 5.41) is 7.52. The van der Waals surface area contributed by atoms with Crippen LogP contribution >= 0.6 is 0 Å². The summed E-state index contributed by atoms with van der Waals surface area (Å²) >= 11 is 0. The fourth-order valence-electron chi connectivity index (χ4n) is 2.01. The molecule has 0 saturated heterocycles. The SMILES string of the molecule is CCC(Cc1ccccc1)NCc1cc(C)on1. The fraction of sp³-hybridized carbons (Fsp3) is 0.400. The van der Waals surface area contributed by atoms with Crippen LogP contribution in [0.15, 0.2) is 40.9 Å². The number of aromatic nitrogens is 1. The minimum Gasteiger partial charge on any atom is -0.361 e. The van der Waals surface area contributed by atoms with Crippen LogP contribution in [0.25, 0.3) is 0 Å². The van der Waals surface area contributed by atoms with E-state index in [0.29, 0.717) is 6.04 Å². The molecule has 1 N–H and O–H groups in total. The van der Waals surface area contributed by atoms with Gasteiger partial charge in [-0.1, -0.05) is 42.4 Å². The molecule has 1 aromatic heterocycles. The second-order valence-electron chi connectivity index (χ2n) is 4.60. The Labute approximate surface area is 108 Å². The zero-order valence-corrected chi connectivity index (χ0v) is 11.0. The lowest BCUT2D eigenvalue weighted by molar-refractivity contribution is 0.384. The van der Waals surface area contributed by atoms with Crippen LogP contribution in [0.5, 0.6) is 0 Å². The van der Waals surface area contributed by atoms with E-state index in [9.17, 15) is 0 Å². The molecule has 2 rings (SSSR count). The number of nitrogens with one attached hydrogen (secondary N) is 1. The monoisotopic (exact) mass is 244 g/mol. The standard InChI is InChI=1S/C15H20N2O/c1-3-14(10-13-7-5-4-6-8-13)16-11-15-9-12(2)18-17-15/h4-9,14,16H,3,10-11H2,1-2H3. The van der Waals surface area contributed by atoms with E-state index >= 15 is 0 Å². The molecular weight excluding hydrogens is 224 g/mol. The van der Waals surface area contributed by atoms with Crippen LogP contribution in [0.2, 0.25) is 0 Å². The van der Waals surface area contributed by atoms with Crippen LogP contribution in [0.1, 0.15) is 30.4 Å². The van der Waals surface area contributed by atoms with Crippen LogP contribution in [-0.4, -0.2) is 11.2 Å². The average Bonchev–Trinajstić information content (AvgIpc) is 2.81. The van der Waals surface area contributed by atoms with Crippen LogP contribution in [0.3, 0.4) is 0 Å². The van der Waals surface area contributed by atoms with Gasteiger partial charge in [-0.05, 0) is 25.3 Å². The average molecular weight is 244 g/mol. The van der Waals surface area contributed by atoms with E-state index in [4.69, 9.17) is 4.52 Å². The molecule has 3 heteroatoms. The van der Waals surface area contributed by atoms with Crippen LogP contribution < -0.4 is 5.32 Å². The first-order chi connectivity index (χ1) is 8.78. The third-order valence-electron chi connectivity index (χ3n) is 3.07. The van der Waals surface area contributed by atoms with Crippen molar-refractivity contribution in [3.8, 4) is 0 Å². The van der Waals surface area contributed by atoms with Gasteiger partial charge in [-0.15, -0.1) is 0 Å². The van der Waals surface area contributed by atoms with Gasteiger partial charge in [0, 0.05) is 18.7 Å². The highest BCUT2D eigenvalue weighted by Gasteiger charge is 2.08. The molecule has 1 aromatic carbocycles. The van der Waals surface area contributed by atoms with Crippen molar-refractivity contribution in [1.29, 1.82) is 0 Å². The van der Waals surface area contributed by atoms with Gasteiger partial charge in [0.25, 0.3) is 0 Å². The van der Waals surface area contributed by atoms with Crippen molar-refractivity contribution >= 4 is 0 Å². The Kier molecular flexibility index (Phi) is 4.53. The summed E-state index contributed by atoms with van der Waals surface area (Å²) in [6.07, 6.45) is 2.15. The van der Waals surface area contributed by atoms with Crippen LogP contribution in [-0.2, 0) is 13.0 Å². The summed E-state index contributed by atoms with van der Waals surface area (Å²) in [6.45, 7) is 4.88. The molecule has 0 spiro atoms. The zero-order chi connectivity index (χ0) is 12.8. The number of hydrogen-bond acceptors (Lipinski definition) is 3. The van der Waals surface area contributed by atoms with E-state index in [-0.39, 0.29) is 0 Å². The first-order valence-corrected chi connectivity index (χ1v) is 6.47. The molecule has 0 saturated carbocycles. The third-order valence-corrected chi connectivity index (χ3v) is 3.07. The topological polar surface area (TPSA) is 38.1 Å². The highest BCUT2D eigenvalue weighted by Crippen LogP contribution is 2.07. The van der Waals surface area contributed by atoms with Gasteiger partial charge in [-0.2, -0.15) is 0 Å². The molecule has 18 heavy (non-hydrogen) atoms. The zero-order valence-electron chi connectivity index (χ0n) is 11.0. The van der Waals surface area contributed by atoms with Crippen molar-refractivity contribution < 1.29 is 4.52 Å². The fourth-order valence-corrected chi connectivity index (χ4v) is 2.01. The molecule has 3 nitrogen and oxygen atoms in total. The molecule has 1 unspecified atom stereocenters. The summed E-state index contributed by atoms with van der Waals surface area (Å²) in [5.41, 5.74) is 2.34. The smallest absolute Gasteiger partial charge is 0.133 e. The van der Waals surface area contributed by atoms with E-state index in [1.165, 1.54) is 5.56 Å². The number of rotatable bonds is 6. The van der Waals surface area contributed by atoms with E-state index in [1.54, 1.807) is 0 Å². The van der Waals surface area contributed by atoms with Gasteiger partial charge in [0.05, 0.1) is 5.69 Å². The van der Waals surface area contributed by atoms with Crippen molar-refractivity contribution in [2.24, 2.45) is 0 Å². The first-order valence-electron chi connectivity index (χ1n) is 6.47. The molecule has 0 aliphatic carbocycles. The molecule has 0 amide bonds. The maximum atomic E-state index is 5.06. The Hall–Kier alpha value is -1.61. The van der Waals surface area contributed by atoms with E-state index in [2.05, 4.69) is 47.7 Å². The molecule has 1 atom stereocenters. The van der Waals surface area contributed by atoms with E-state index < -0.39 is 0 Å². The molecule has 0 bridgehead atoms. The number of hydrogen-bond donors (Lipinski definition) is 1.